The van der Waals surface area contributed by atoms with E-state index in [0.717, 1.165) is 17.5 Å². The average molecular weight is 394 g/mol. The Labute approximate surface area is 166 Å². The van der Waals surface area contributed by atoms with Gasteiger partial charge in [-0.2, -0.15) is 4.98 Å². The van der Waals surface area contributed by atoms with Crippen LogP contribution in [0.5, 0.6) is 5.75 Å². The van der Waals surface area contributed by atoms with Gasteiger partial charge in [0.25, 0.3) is 11.1 Å². The van der Waals surface area contributed by atoms with Crippen molar-refractivity contribution in [3.63, 3.8) is 0 Å². The molecule has 8 heteroatoms. The minimum Gasteiger partial charge on any atom is -0.496 e. The van der Waals surface area contributed by atoms with Crippen LogP contribution in [0.2, 0.25) is 0 Å². The Morgan fingerprint density at radius 2 is 1.86 bits per heavy atom. The Hall–Kier alpha value is -3.13. The number of methoxy groups -OCH3 is 1. The fourth-order valence-electron chi connectivity index (χ4n) is 2.64. The van der Waals surface area contributed by atoms with Gasteiger partial charge in [-0.05, 0) is 24.1 Å². The first-order valence-corrected chi connectivity index (χ1v) is 9.77. The standard InChI is InChI=1S/C20H18N4O3S/c1-3-13-8-10-14(11-9-13)18-21-17(27-24-18)12-28-20-23-22-19(26-20)15-6-4-5-7-16(15)25-2/h4-11H,3,12H2,1-2H3. The molecular weight excluding hydrogens is 376 g/mol. The highest BCUT2D eigenvalue weighted by Crippen LogP contribution is 2.31. The van der Waals surface area contributed by atoms with Crippen molar-refractivity contribution in [1.29, 1.82) is 0 Å². The minimum atomic E-state index is 0.405. The fourth-order valence-corrected chi connectivity index (χ4v) is 3.24. The van der Waals surface area contributed by atoms with Gasteiger partial charge < -0.3 is 13.7 Å². The molecule has 0 saturated carbocycles. The summed E-state index contributed by atoms with van der Waals surface area (Å²) < 4.78 is 16.4. The monoisotopic (exact) mass is 394 g/mol. The maximum absolute atomic E-state index is 5.72. The maximum Gasteiger partial charge on any atom is 0.277 e. The lowest BCUT2D eigenvalue weighted by Gasteiger charge is -2.03. The van der Waals surface area contributed by atoms with Crippen molar-refractivity contribution in [2.45, 2.75) is 24.3 Å². The highest BCUT2D eigenvalue weighted by molar-refractivity contribution is 7.98. The number of benzene rings is 2. The summed E-state index contributed by atoms with van der Waals surface area (Å²) in [6, 6.07) is 15.6. The van der Waals surface area contributed by atoms with Gasteiger partial charge in [-0.25, -0.2) is 0 Å². The predicted octanol–water partition coefficient (Wildman–Crippen LogP) is 4.65. The largest absolute Gasteiger partial charge is 0.496 e. The third-order valence-corrected chi connectivity index (χ3v) is 4.95. The summed E-state index contributed by atoms with van der Waals surface area (Å²) >= 11 is 1.34. The van der Waals surface area contributed by atoms with E-state index in [1.54, 1.807) is 7.11 Å². The zero-order valence-electron chi connectivity index (χ0n) is 15.5. The van der Waals surface area contributed by atoms with Crippen LogP contribution in [-0.4, -0.2) is 27.4 Å². The van der Waals surface area contributed by atoms with E-state index in [4.69, 9.17) is 13.7 Å². The molecule has 0 atom stereocenters. The van der Waals surface area contributed by atoms with Gasteiger partial charge in [-0.3, -0.25) is 0 Å². The van der Waals surface area contributed by atoms with Crippen LogP contribution in [0.15, 0.2) is 62.7 Å². The van der Waals surface area contributed by atoms with Crippen LogP contribution in [0, 0.1) is 0 Å². The van der Waals surface area contributed by atoms with Gasteiger partial charge in [0.2, 0.25) is 11.7 Å². The van der Waals surface area contributed by atoms with Crippen LogP contribution in [0.4, 0.5) is 0 Å². The van der Waals surface area contributed by atoms with Gasteiger partial charge in [0.05, 0.1) is 18.4 Å². The molecule has 0 N–H and O–H groups in total. The molecule has 0 fully saturated rings. The smallest absolute Gasteiger partial charge is 0.277 e. The van der Waals surface area contributed by atoms with Gasteiger partial charge >= 0.3 is 0 Å². The van der Waals surface area contributed by atoms with Crippen molar-refractivity contribution in [1.82, 2.24) is 20.3 Å². The predicted molar refractivity (Wildman–Crippen MR) is 105 cm³/mol. The molecule has 0 radical (unpaired) electrons. The number of hydrogen-bond donors (Lipinski definition) is 0. The van der Waals surface area contributed by atoms with Gasteiger partial charge in [0, 0.05) is 5.56 Å². The van der Waals surface area contributed by atoms with Crippen molar-refractivity contribution in [3.8, 4) is 28.6 Å². The Bertz CT molecular complexity index is 1060. The Balaban J connectivity index is 1.43. The van der Waals surface area contributed by atoms with Crippen LogP contribution < -0.4 is 4.74 Å². The third-order valence-electron chi connectivity index (χ3n) is 4.15. The molecule has 0 aliphatic heterocycles. The molecule has 4 rings (SSSR count). The number of aryl methyl sites for hydroxylation is 1. The van der Waals surface area contributed by atoms with Crippen LogP contribution in [0.3, 0.4) is 0 Å². The number of para-hydroxylation sites is 1. The molecule has 0 bridgehead atoms. The first kappa shape index (κ1) is 18.2. The van der Waals surface area contributed by atoms with E-state index in [-0.39, 0.29) is 0 Å². The zero-order chi connectivity index (χ0) is 19.3. The molecular formula is C20H18N4O3S. The second kappa shape index (κ2) is 8.26. The highest BCUT2D eigenvalue weighted by atomic mass is 32.2. The number of nitrogens with zero attached hydrogens (tertiary/aromatic N) is 4. The summed E-state index contributed by atoms with van der Waals surface area (Å²) in [5, 5.41) is 12.6. The van der Waals surface area contributed by atoms with E-state index in [1.807, 2.05) is 36.4 Å². The second-order valence-electron chi connectivity index (χ2n) is 5.92. The van der Waals surface area contributed by atoms with Crippen molar-refractivity contribution in [3.05, 3.63) is 60.0 Å². The summed E-state index contributed by atoms with van der Waals surface area (Å²) in [4.78, 5) is 4.43. The van der Waals surface area contributed by atoms with Crippen LogP contribution in [0.25, 0.3) is 22.8 Å². The molecule has 4 aromatic rings. The number of ether oxygens (including phenoxy) is 1. The Kier molecular flexibility index (Phi) is 5.38. The number of rotatable bonds is 7. The first-order valence-electron chi connectivity index (χ1n) is 8.78. The van der Waals surface area contributed by atoms with E-state index in [9.17, 15) is 0 Å². The average Bonchev–Trinajstić information content (AvgIpc) is 3.42. The molecule has 28 heavy (non-hydrogen) atoms. The minimum absolute atomic E-state index is 0.405. The molecule has 0 saturated heterocycles. The lowest BCUT2D eigenvalue weighted by atomic mass is 10.1. The summed E-state index contributed by atoms with van der Waals surface area (Å²) in [6.07, 6.45) is 0.995. The topological polar surface area (TPSA) is 87.1 Å². The molecule has 0 aliphatic rings. The first-order chi connectivity index (χ1) is 13.8. The summed E-state index contributed by atoms with van der Waals surface area (Å²) in [6.45, 7) is 2.12. The Morgan fingerprint density at radius 3 is 2.64 bits per heavy atom. The molecule has 2 aromatic carbocycles. The number of thioether (sulfide) groups is 1. The normalized spacial score (nSPS) is 10.9. The van der Waals surface area contributed by atoms with E-state index >= 15 is 0 Å². The second-order valence-corrected chi connectivity index (χ2v) is 6.85. The summed E-state index contributed by atoms with van der Waals surface area (Å²) in [5.74, 6) is 2.59. The number of aromatic nitrogens is 4. The molecule has 0 unspecified atom stereocenters. The van der Waals surface area contributed by atoms with Gasteiger partial charge in [0.15, 0.2) is 0 Å². The van der Waals surface area contributed by atoms with Crippen molar-refractivity contribution < 1.29 is 13.7 Å². The molecule has 2 heterocycles. The van der Waals surface area contributed by atoms with Gasteiger partial charge in [-0.1, -0.05) is 60.2 Å². The summed E-state index contributed by atoms with van der Waals surface area (Å²) in [7, 11) is 1.60. The van der Waals surface area contributed by atoms with Crippen molar-refractivity contribution in [2.75, 3.05) is 7.11 Å². The maximum atomic E-state index is 5.72. The molecule has 0 spiro atoms. The third kappa shape index (κ3) is 3.91. The lowest BCUT2D eigenvalue weighted by molar-refractivity contribution is 0.390. The molecule has 0 aliphatic carbocycles. The van der Waals surface area contributed by atoms with Gasteiger partial charge in [-0.15, -0.1) is 10.2 Å². The number of hydrogen-bond acceptors (Lipinski definition) is 8. The molecule has 0 amide bonds. The SMILES string of the molecule is CCc1ccc(-c2noc(CSc3nnc(-c4ccccc4OC)o3)n2)cc1. The van der Waals surface area contributed by atoms with Crippen molar-refractivity contribution >= 4 is 11.8 Å². The van der Waals surface area contributed by atoms with Crippen molar-refractivity contribution in [2.24, 2.45) is 0 Å². The molecule has 2 aromatic heterocycles. The molecule has 142 valence electrons. The fraction of sp³-hybridized carbons (Fsp3) is 0.200. The molecule has 7 nitrogen and oxygen atoms in total. The highest BCUT2D eigenvalue weighted by Gasteiger charge is 2.15. The van der Waals surface area contributed by atoms with Crippen LogP contribution in [-0.2, 0) is 12.2 Å². The quantitative estimate of drug-likeness (QED) is 0.419. The van der Waals surface area contributed by atoms with E-state index in [2.05, 4.69) is 39.4 Å². The Morgan fingerprint density at radius 1 is 1.04 bits per heavy atom. The summed E-state index contributed by atoms with van der Waals surface area (Å²) in [5.41, 5.74) is 2.94. The van der Waals surface area contributed by atoms with E-state index in [0.29, 0.717) is 34.3 Å². The lowest BCUT2D eigenvalue weighted by Crippen LogP contribution is -1.87. The van der Waals surface area contributed by atoms with E-state index < -0.39 is 0 Å². The van der Waals surface area contributed by atoms with Gasteiger partial charge in [0.1, 0.15) is 5.75 Å². The van der Waals surface area contributed by atoms with E-state index in [1.165, 1.54) is 17.3 Å². The zero-order valence-corrected chi connectivity index (χ0v) is 16.3. The van der Waals surface area contributed by atoms with Crippen LogP contribution >= 0.6 is 11.8 Å². The van der Waals surface area contributed by atoms with Crippen LogP contribution in [0.1, 0.15) is 18.4 Å².